The van der Waals surface area contributed by atoms with E-state index in [1.54, 1.807) is 0 Å². The van der Waals surface area contributed by atoms with Crippen LogP contribution in [0.1, 0.15) is 30.3 Å². The molecule has 0 fully saturated rings. The molecule has 2 aromatic rings. The minimum absolute atomic E-state index is 0.0341. The normalized spacial score (nSPS) is 12.2. The third-order valence-corrected chi connectivity index (χ3v) is 3.21. The molecule has 2 rings (SSSR count). The molecular formula is C16H22N4O. The van der Waals surface area contributed by atoms with E-state index in [0.29, 0.717) is 13.0 Å². The highest BCUT2D eigenvalue weighted by molar-refractivity contribution is 5.76. The molecule has 0 aliphatic heterocycles. The molecule has 1 heterocycles. The predicted molar refractivity (Wildman–Crippen MR) is 83.2 cm³/mol. The van der Waals surface area contributed by atoms with Crippen LogP contribution in [0.3, 0.4) is 0 Å². The molecule has 1 amide bonds. The van der Waals surface area contributed by atoms with Crippen LogP contribution in [0.25, 0.3) is 5.69 Å². The number of carbonyl (C=O) groups is 1. The van der Waals surface area contributed by atoms with Crippen molar-refractivity contribution in [2.24, 2.45) is 5.73 Å². The molecule has 0 aliphatic rings. The Morgan fingerprint density at radius 1 is 1.38 bits per heavy atom. The van der Waals surface area contributed by atoms with Crippen molar-refractivity contribution >= 4 is 5.91 Å². The molecule has 1 atom stereocenters. The number of amides is 1. The number of hydrogen-bond acceptors (Lipinski definition) is 3. The summed E-state index contributed by atoms with van der Waals surface area (Å²) >= 11 is 0. The number of nitrogens with two attached hydrogens (primary N) is 1. The number of carbonyl (C=O) groups excluding carboxylic acids is 1. The van der Waals surface area contributed by atoms with Gasteiger partial charge in [0.2, 0.25) is 5.91 Å². The van der Waals surface area contributed by atoms with E-state index in [-0.39, 0.29) is 11.9 Å². The van der Waals surface area contributed by atoms with Crippen molar-refractivity contribution in [1.29, 1.82) is 0 Å². The van der Waals surface area contributed by atoms with Crippen molar-refractivity contribution in [2.45, 2.75) is 39.8 Å². The maximum atomic E-state index is 11.7. The summed E-state index contributed by atoms with van der Waals surface area (Å²) in [7, 11) is 0. The fraction of sp³-hybridized carbons (Fsp3) is 0.375. The lowest BCUT2D eigenvalue weighted by Crippen LogP contribution is -2.29. The van der Waals surface area contributed by atoms with Gasteiger partial charge in [0.25, 0.3) is 0 Å². The fourth-order valence-electron chi connectivity index (χ4n) is 2.30. The summed E-state index contributed by atoms with van der Waals surface area (Å²) < 4.78 is 1.91. The summed E-state index contributed by atoms with van der Waals surface area (Å²) in [6.07, 6.45) is 0.335. The van der Waals surface area contributed by atoms with E-state index >= 15 is 0 Å². The van der Waals surface area contributed by atoms with Crippen LogP contribution >= 0.6 is 0 Å². The van der Waals surface area contributed by atoms with E-state index in [4.69, 9.17) is 5.73 Å². The first-order valence-corrected chi connectivity index (χ1v) is 7.11. The van der Waals surface area contributed by atoms with Gasteiger partial charge in [0.15, 0.2) is 0 Å². The first-order valence-electron chi connectivity index (χ1n) is 7.11. The van der Waals surface area contributed by atoms with Crippen LogP contribution in [-0.4, -0.2) is 21.7 Å². The Kier molecular flexibility index (Phi) is 4.75. The number of aromatic nitrogens is 2. The van der Waals surface area contributed by atoms with Gasteiger partial charge in [-0.3, -0.25) is 4.79 Å². The largest absolute Gasteiger partial charge is 0.352 e. The van der Waals surface area contributed by atoms with Crippen LogP contribution in [-0.2, 0) is 11.3 Å². The second kappa shape index (κ2) is 6.54. The molecule has 0 radical (unpaired) electrons. The average molecular weight is 286 g/mol. The Bertz CT molecular complexity index is 631. The molecule has 21 heavy (non-hydrogen) atoms. The first-order chi connectivity index (χ1) is 9.97. The third kappa shape index (κ3) is 3.92. The summed E-state index contributed by atoms with van der Waals surface area (Å²) in [6.45, 7) is 6.28. The van der Waals surface area contributed by atoms with Crippen molar-refractivity contribution in [3.05, 3.63) is 47.3 Å². The highest BCUT2D eigenvalue weighted by Crippen LogP contribution is 2.16. The molecule has 1 unspecified atom stereocenters. The lowest BCUT2D eigenvalue weighted by atomic mass is 10.1. The zero-order valence-electron chi connectivity index (χ0n) is 12.8. The van der Waals surface area contributed by atoms with Crippen molar-refractivity contribution in [2.75, 3.05) is 0 Å². The molecule has 0 spiro atoms. The maximum Gasteiger partial charge on any atom is 0.221 e. The van der Waals surface area contributed by atoms with Crippen LogP contribution in [0, 0.1) is 13.8 Å². The van der Waals surface area contributed by atoms with E-state index in [0.717, 1.165) is 22.6 Å². The Labute approximate surface area is 125 Å². The highest BCUT2D eigenvalue weighted by atomic mass is 16.1. The second-order valence-corrected chi connectivity index (χ2v) is 5.43. The van der Waals surface area contributed by atoms with Crippen LogP contribution in [0.5, 0.6) is 0 Å². The molecule has 0 aliphatic carbocycles. The summed E-state index contributed by atoms with van der Waals surface area (Å²) in [5.41, 5.74) is 9.70. The Balaban J connectivity index is 2.18. The summed E-state index contributed by atoms with van der Waals surface area (Å²) in [6, 6.07) is 9.84. The molecule has 0 saturated heterocycles. The minimum Gasteiger partial charge on any atom is -0.352 e. The van der Waals surface area contributed by atoms with Gasteiger partial charge in [-0.2, -0.15) is 5.10 Å². The lowest BCUT2D eigenvalue weighted by molar-refractivity contribution is -0.121. The van der Waals surface area contributed by atoms with Gasteiger partial charge in [0, 0.05) is 24.7 Å². The second-order valence-electron chi connectivity index (χ2n) is 5.43. The van der Waals surface area contributed by atoms with Crippen LogP contribution < -0.4 is 11.1 Å². The SMILES string of the molecule is Cc1cc(C)n(-c2ccccc2CNC(=O)CC(C)N)n1. The predicted octanol–water partition coefficient (Wildman–Crippen LogP) is 1.84. The third-order valence-electron chi connectivity index (χ3n) is 3.21. The molecule has 1 aromatic carbocycles. The first kappa shape index (κ1) is 15.3. The van der Waals surface area contributed by atoms with E-state index < -0.39 is 0 Å². The monoisotopic (exact) mass is 286 g/mol. The number of benzene rings is 1. The Hall–Kier alpha value is -2.14. The van der Waals surface area contributed by atoms with Crippen LogP contribution in [0.4, 0.5) is 0 Å². The topological polar surface area (TPSA) is 72.9 Å². The van der Waals surface area contributed by atoms with E-state index in [9.17, 15) is 4.79 Å². The van der Waals surface area contributed by atoms with Gasteiger partial charge in [0.05, 0.1) is 11.4 Å². The minimum atomic E-state index is -0.128. The standard InChI is InChI=1S/C16H22N4O/c1-11(17)8-16(21)18-10-14-6-4-5-7-15(14)20-13(3)9-12(2)19-20/h4-7,9,11H,8,10,17H2,1-3H3,(H,18,21). The zero-order valence-corrected chi connectivity index (χ0v) is 12.8. The van der Waals surface area contributed by atoms with Crippen LogP contribution in [0.15, 0.2) is 30.3 Å². The Morgan fingerprint density at radius 2 is 2.10 bits per heavy atom. The molecule has 5 heteroatoms. The number of hydrogen-bond donors (Lipinski definition) is 2. The molecule has 5 nitrogen and oxygen atoms in total. The average Bonchev–Trinajstić information content (AvgIpc) is 2.75. The number of aryl methyl sites for hydroxylation is 2. The van der Waals surface area contributed by atoms with Gasteiger partial charge in [-0.15, -0.1) is 0 Å². The van der Waals surface area contributed by atoms with E-state index in [1.807, 2.05) is 55.8 Å². The number of nitrogens with zero attached hydrogens (tertiary/aromatic N) is 2. The number of nitrogens with one attached hydrogen (secondary N) is 1. The van der Waals surface area contributed by atoms with Crippen molar-refractivity contribution in [3.63, 3.8) is 0 Å². The molecule has 1 aromatic heterocycles. The summed E-state index contributed by atoms with van der Waals surface area (Å²) in [4.78, 5) is 11.7. The summed E-state index contributed by atoms with van der Waals surface area (Å²) in [5, 5.41) is 7.41. The maximum absolute atomic E-state index is 11.7. The highest BCUT2D eigenvalue weighted by Gasteiger charge is 2.10. The van der Waals surface area contributed by atoms with E-state index in [2.05, 4.69) is 10.4 Å². The molecular weight excluding hydrogens is 264 g/mol. The molecule has 112 valence electrons. The van der Waals surface area contributed by atoms with Gasteiger partial charge in [-0.05, 0) is 38.5 Å². The quantitative estimate of drug-likeness (QED) is 0.881. The van der Waals surface area contributed by atoms with Crippen LogP contribution in [0.2, 0.25) is 0 Å². The lowest BCUT2D eigenvalue weighted by Gasteiger charge is -2.12. The van der Waals surface area contributed by atoms with Gasteiger partial charge < -0.3 is 11.1 Å². The molecule has 0 bridgehead atoms. The molecule has 3 N–H and O–H groups in total. The zero-order chi connectivity index (χ0) is 15.4. The van der Waals surface area contributed by atoms with Crippen molar-refractivity contribution in [3.8, 4) is 5.69 Å². The van der Waals surface area contributed by atoms with Gasteiger partial charge in [0.1, 0.15) is 0 Å². The van der Waals surface area contributed by atoms with Gasteiger partial charge in [-0.25, -0.2) is 4.68 Å². The smallest absolute Gasteiger partial charge is 0.221 e. The number of para-hydroxylation sites is 1. The van der Waals surface area contributed by atoms with Gasteiger partial charge >= 0.3 is 0 Å². The number of rotatable bonds is 5. The van der Waals surface area contributed by atoms with Crippen molar-refractivity contribution in [1.82, 2.24) is 15.1 Å². The van der Waals surface area contributed by atoms with Crippen molar-refractivity contribution < 1.29 is 4.79 Å². The Morgan fingerprint density at radius 3 is 2.71 bits per heavy atom. The molecule has 0 saturated carbocycles. The fourth-order valence-corrected chi connectivity index (χ4v) is 2.30. The van der Waals surface area contributed by atoms with Gasteiger partial charge in [-0.1, -0.05) is 18.2 Å². The summed E-state index contributed by atoms with van der Waals surface area (Å²) in [5.74, 6) is -0.0341. The van der Waals surface area contributed by atoms with E-state index in [1.165, 1.54) is 0 Å².